The first-order chi connectivity index (χ1) is 15.0. The van der Waals surface area contributed by atoms with Gasteiger partial charge in [0.15, 0.2) is 6.61 Å². The maximum Gasteiger partial charge on any atom is 0.340 e. The quantitative estimate of drug-likeness (QED) is 0.417. The SMILES string of the molecule is CCCCNc1ccccc1C(=O)OCC(=O)Nc1ccc(C(=O)N(CC)CC)cc1. The highest BCUT2D eigenvalue weighted by molar-refractivity contribution is 5.99. The summed E-state index contributed by atoms with van der Waals surface area (Å²) in [6, 6.07) is 13.7. The second-order valence-corrected chi connectivity index (χ2v) is 7.01. The molecule has 0 atom stereocenters. The summed E-state index contributed by atoms with van der Waals surface area (Å²) in [7, 11) is 0. The van der Waals surface area contributed by atoms with Crippen LogP contribution in [-0.2, 0) is 9.53 Å². The van der Waals surface area contributed by atoms with E-state index in [1.165, 1.54) is 0 Å². The van der Waals surface area contributed by atoms with Crippen molar-refractivity contribution in [2.75, 3.05) is 36.9 Å². The van der Waals surface area contributed by atoms with E-state index in [4.69, 9.17) is 4.74 Å². The van der Waals surface area contributed by atoms with E-state index in [-0.39, 0.29) is 5.91 Å². The van der Waals surface area contributed by atoms with Gasteiger partial charge in [-0.3, -0.25) is 9.59 Å². The molecule has 2 amide bonds. The number of hydrogen-bond donors (Lipinski definition) is 2. The molecule has 2 N–H and O–H groups in total. The summed E-state index contributed by atoms with van der Waals surface area (Å²) < 4.78 is 5.18. The zero-order chi connectivity index (χ0) is 22.6. The number of unbranched alkanes of at least 4 members (excludes halogenated alkanes) is 1. The molecule has 0 bridgehead atoms. The van der Waals surface area contributed by atoms with Crippen LogP contribution >= 0.6 is 0 Å². The minimum absolute atomic E-state index is 0.0528. The number of hydrogen-bond acceptors (Lipinski definition) is 5. The molecular weight excluding hydrogens is 394 g/mol. The number of carbonyl (C=O) groups excluding carboxylic acids is 3. The summed E-state index contributed by atoms with van der Waals surface area (Å²) in [5.41, 5.74) is 2.17. The molecule has 0 saturated carbocycles. The largest absolute Gasteiger partial charge is 0.452 e. The molecule has 0 radical (unpaired) electrons. The van der Waals surface area contributed by atoms with Gasteiger partial charge in [-0.15, -0.1) is 0 Å². The van der Waals surface area contributed by atoms with Crippen LogP contribution in [0.2, 0.25) is 0 Å². The molecule has 0 aromatic heterocycles. The van der Waals surface area contributed by atoms with Gasteiger partial charge in [0, 0.05) is 36.6 Å². The fraction of sp³-hybridized carbons (Fsp3) is 0.375. The number of nitrogens with one attached hydrogen (secondary N) is 2. The molecule has 7 heteroatoms. The maximum absolute atomic E-state index is 12.4. The van der Waals surface area contributed by atoms with Crippen LogP contribution in [0.4, 0.5) is 11.4 Å². The minimum Gasteiger partial charge on any atom is -0.452 e. The van der Waals surface area contributed by atoms with Gasteiger partial charge >= 0.3 is 5.97 Å². The highest BCUT2D eigenvalue weighted by Crippen LogP contribution is 2.17. The smallest absolute Gasteiger partial charge is 0.340 e. The topological polar surface area (TPSA) is 87.7 Å². The minimum atomic E-state index is -0.560. The van der Waals surface area contributed by atoms with Gasteiger partial charge in [0.25, 0.3) is 11.8 Å². The Morgan fingerprint density at radius 3 is 2.26 bits per heavy atom. The molecule has 2 rings (SSSR count). The lowest BCUT2D eigenvalue weighted by Crippen LogP contribution is -2.30. The summed E-state index contributed by atoms with van der Waals surface area (Å²) in [4.78, 5) is 38.7. The predicted molar refractivity (Wildman–Crippen MR) is 122 cm³/mol. The number of rotatable bonds is 11. The highest BCUT2D eigenvalue weighted by atomic mass is 16.5. The zero-order valence-electron chi connectivity index (χ0n) is 18.4. The summed E-state index contributed by atoms with van der Waals surface area (Å²) in [6.07, 6.45) is 2.04. The monoisotopic (exact) mass is 425 g/mol. The van der Waals surface area contributed by atoms with Gasteiger partial charge in [-0.25, -0.2) is 4.79 Å². The molecule has 0 saturated heterocycles. The first-order valence-electron chi connectivity index (χ1n) is 10.7. The van der Waals surface area contributed by atoms with Crippen molar-refractivity contribution in [3.05, 3.63) is 59.7 Å². The Bertz CT molecular complexity index is 877. The van der Waals surface area contributed by atoms with Crippen LogP contribution in [0, 0.1) is 0 Å². The Hall–Kier alpha value is -3.35. The van der Waals surface area contributed by atoms with E-state index in [1.54, 1.807) is 41.3 Å². The van der Waals surface area contributed by atoms with E-state index >= 15 is 0 Å². The van der Waals surface area contributed by atoms with Crippen LogP contribution in [0.3, 0.4) is 0 Å². The average molecular weight is 426 g/mol. The van der Waals surface area contributed by atoms with E-state index in [0.717, 1.165) is 19.4 Å². The van der Waals surface area contributed by atoms with Crippen LogP contribution in [-0.4, -0.2) is 48.9 Å². The van der Waals surface area contributed by atoms with Crippen molar-refractivity contribution in [2.24, 2.45) is 0 Å². The van der Waals surface area contributed by atoms with Gasteiger partial charge in [0.2, 0.25) is 0 Å². The number of benzene rings is 2. The number of carbonyl (C=O) groups is 3. The number of para-hydroxylation sites is 1. The van der Waals surface area contributed by atoms with E-state index in [0.29, 0.717) is 35.6 Å². The van der Waals surface area contributed by atoms with Crippen LogP contribution < -0.4 is 10.6 Å². The molecule has 0 aliphatic rings. The van der Waals surface area contributed by atoms with E-state index in [9.17, 15) is 14.4 Å². The molecular formula is C24H31N3O4. The average Bonchev–Trinajstić information content (AvgIpc) is 2.79. The Morgan fingerprint density at radius 1 is 0.935 bits per heavy atom. The van der Waals surface area contributed by atoms with Gasteiger partial charge in [-0.05, 0) is 56.7 Å². The van der Waals surface area contributed by atoms with Crippen LogP contribution in [0.1, 0.15) is 54.3 Å². The van der Waals surface area contributed by atoms with Gasteiger partial charge in [0.05, 0.1) is 5.56 Å². The lowest BCUT2D eigenvalue weighted by molar-refractivity contribution is -0.119. The molecule has 0 unspecified atom stereocenters. The number of anilines is 2. The van der Waals surface area contributed by atoms with Crippen molar-refractivity contribution in [2.45, 2.75) is 33.6 Å². The maximum atomic E-state index is 12.4. The molecule has 2 aromatic carbocycles. The Kier molecular flexibility index (Phi) is 9.55. The van der Waals surface area contributed by atoms with Crippen molar-refractivity contribution >= 4 is 29.2 Å². The molecule has 0 aliphatic heterocycles. The zero-order valence-corrected chi connectivity index (χ0v) is 18.4. The third kappa shape index (κ3) is 7.13. The van der Waals surface area contributed by atoms with Crippen LogP contribution in [0.25, 0.3) is 0 Å². The van der Waals surface area contributed by atoms with Crippen LogP contribution in [0.5, 0.6) is 0 Å². The molecule has 31 heavy (non-hydrogen) atoms. The second kappa shape index (κ2) is 12.4. The first kappa shape index (κ1) is 23.9. The second-order valence-electron chi connectivity index (χ2n) is 7.01. The van der Waals surface area contributed by atoms with Gasteiger partial charge in [-0.2, -0.15) is 0 Å². The van der Waals surface area contributed by atoms with Crippen molar-refractivity contribution in [1.82, 2.24) is 4.90 Å². The number of esters is 1. The number of ether oxygens (including phenoxy) is 1. The van der Waals surface area contributed by atoms with E-state index in [1.807, 2.05) is 26.0 Å². The van der Waals surface area contributed by atoms with Crippen molar-refractivity contribution in [3.8, 4) is 0 Å². The Balaban J connectivity index is 1.89. The molecule has 0 heterocycles. The molecule has 0 fully saturated rings. The number of nitrogens with zero attached hydrogens (tertiary/aromatic N) is 1. The molecule has 0 spiro atoms. The molecule has 2 aromatic rings. The summed E-state index contributed by atoms with van der Waals surface area (Å²) in [6.45, 7) is 7.58. The normalized spacial score (nSPS) is 10.3. The summed E-state index contributed by atoms with van der Waals surface area (Å²) in [5.74, 6) is -1.06. The number of amides is 2. The van der Waals surface area contributed by atoms with Crippen molar-refractivity contribution < 1.29 is 19.1 Å². The van der Waals surface area contributed by atoms with E-state index in [2.05, 4.69) is 17.6 Å². The Labute approximate surface area is 183 Å². The standard InChI is InChI=1S/C24H31N3O4/c1-4-7-16-25-21-11-9-8-10-20(21)24(30)31-17-22(28)26-19-14-12-18(13-15-19)23(29)27(5-2)6-3/h8-15,25H,4-7,16-17H2,1-3H3,(H,26,28). The first-order valence-corrected chi connectivity index (χ1v) is 10.7. The lowest BCUT2D eigenvalue weighted by Gasteiger charge is -2.18. The molecule has 0 aliphatic carbocycles. The molecule has 166 valence electrons. The van der Waals surface area contributed by atoms with Crippen molar-refractivity contribution in [3.63, 3.8) is 0 Å². The molecule has 7 nitrogen and oxygen atoms in total. The Morgan fingerprint density at radius 2 is 1.61 bits per heavy atom. The van der Waals surface area contributed by atoms with Gasteiger partial charge in [-0.1, -0.05) is 25.5 Å². The third-order valence-corrected chi connectivity index (χ3v) is 4.79. The van der Waals surface area contributed by atoms with Gasteiger partial charge in [0.1, 0.15) is 0 Å². The van der Waals surface area contributed by atoms with Gasteiger partial charge < -0.3 is 20.3 Å². The highest BCUT2D eigenvalue weighted by Gasteiger charge is 2.15. The summed E-state index contributed by atoms with van der Waals surface area (Å²) in [5, 5.41) is 5.89. The van der Waals surface area contributed by atoms with E-state index < -0.39 is 18.5 Å². The predicted octanol–water partition coefficient (Wildman–Crippen LogP) is 4.18. The third-order valence-electron chi connectivity index (χ3n) is 4.79. The fourth-order valence-electron chi connectivity index (χ4n) is 3.01. The fourth-order valence-corrected chi connectivity index (χ4v) is 3.01. The van der Waals surface area contributed by atoms with Crippen LogP contribution in [0.15, 0.2) is 48.5 Å². The lowest BCUT2D eigenvalue weighted by atomic mass is 10.1. The summed E-state index contributed by atoms with van der Waals surface area (Å²) >= 11 is 0. The van der Waals surface area contributed by atoms with Crippen molar-refractivity contribution in [1.29, 1.82) is 0 Å².